The van der Waals surface area contributed by atoms with E-state index in [0.717, 1.165) is 29.2 Å². The third kappa shape index (κ3) is 2.38. The lowest BCUT2D eigenvalue weighted by Crippen LogP contribution is -2.10. The monoisotopic (exact) mass is 294 g/mol. The maximum absolute atomic E-state index is 12.5. The number of Topliss-reactive ketones (excluding diaryl/α,β-unsaturated/α-hetero) is 1. The first-order valence-corrected chi connectivity index (χ1v) is 6.98. The minimum absolute atomic E-state index is 0.0284. The molecule has 2 aromatic heterocycles. The number of halogens is 1. The van der Waals surface area contributed by atoms with Crippen molar-refractivity contribution in [2.75, 3.05) is 0 Å². The first kappa shape index (κ1) is 14.8. The zero-order valence-electron chi connectivity index (χ0n) is 12.5. The number of hydrogen-bond acceptors (Lipinski definition) is 3. The summed E-state index contributed by atoms with van der Waals surface area (Å²) in [5.41, 5.74) is 3.90. The van der Waals surface area contributed by atoms with Crippen molar-refractivity contribution in [2.24, 2.45) is 14.1 Å². The van der Waals surface area contributed by atoms with Gasteiger partial charge in [0.2, 0.25) is 0 Å². The number of aryl methyl sites for hydroxylation is 4. The molecule has 20 heavy (non-hydrogen) atoms. The van der Waals surface area contributed by atoms with Crippen LogP contribution in [0.4, 0.5) is 0 Å². The Kier molecular flexibility index (Phi) is 3.99. The number of carbonyl (C=O) groups is 1. The van der Waals surface area contributed by atoms with E-state index < -0.39 is 0 Å². The molecule has 0 radical (unpaired) electrons. The minimum Gasteiger partial charge on any atom is -0.294 e. The molecule has 0 amide bonds. The summed E-state index contributed by atoms with van der Waals surface area (Å²) in [6.45, 7) is 5.74. The smallest absolute Gasteiger partial charge is 0.172 e. The van der Waals surface area contributed by atoms with Gasteiger partial charge in [0.25, 0.3) is 0 Å². The van der Waals surface area contributed by atoms with Gasteiger partial charge in [-0.3, -0.25) is 14.2 Å². The van der Waals surface area contributed by atoms with E-state index in [1.165, 1.54) is 0 Å². The van der Waals surface area contributed by atoms with Gasteiger partial charge in [-0.05, 0) is 20.3 Å². The van der Waals surface area contributed by atoms with Gasteiger partial charge in [-0.2, -0.15) is 10.2 Å². The van der Waals surface area contributed by atoms with Gasteiger partial charge >= 0.3 is 0 Å². The molecular formula is C14H19ClN4O. The van der Waals surface area contributed by atoms with Crippen molar-refractivity contribution in [1.82, 2.24) is 19.6 Å². The summed E-state index contributed by atoms with van der Waals surface area (Å²) in [4.78, 5) is 12.5. The summed E-state index contributed by atoms with van der Waals surface area (Å²) in [7, 11) is 3.65. The molecule has 0 unspecified atom stereocenters. The number of ketones is 1. The molecule has 2 heterocycles. The lowest BCUT2D eigenvalue weighted by molar-refractivity contribution is 0.0989. The van der Waals surface area contributed by atoms with Gasteiger partial charge in [-0.25, -0.2) is 0 Å². The van der Waals surface area contributed by atoms with E-state index in [1.54, 1.807) is 9.36 Å². The van der Waals surface area contributed by atoms with Crippen LogP contribution in [-0.4, -0.2) is 25.3 Å². The minimum atomic E-state index is 0.0284. The molecule has 0 fully saturated rings. The van der Waals surface area contributed by atoms with Gasteiger partial charge in [-0.1, -0.05) is 18.5 Å². The predicted octanol–water partition coefficient (Wildman–Crippen LogP) is 2.41. The number of hydrogen-bond donors (Lipinski definition) is 0. The molecule has 0 aliphatic heterocycles. The van der Waals surface area contributed by atoms with E-state index >= 15 is 0 Å². The maximum Gasteiger partial charge on any atom is 0.172 e. The van der Waals surface area contributed by atoms with E-state index in [-0.39, 0.29) is 12.2 Å². The van der Waals surface area contributed by atoms with E-state index in [1.807, 2.05) is 34.9 Å². The molecule has 0 atom stereocenters. The number of aromatic nitrogens is 4. The number of carbonyl (C=O) groups excluding carboxylic acids is 1. The van der Waals surface area contributed by atoms with Crippen molar-refractivity contribution in [1.29, 1.82) is 0 Å². The van der Waals surface area contributed by atoms with Crippen molar-refractivity contribution in [3.63, 3.8) is 0 Å². The Morgan fingerprint density at radius 1 is 1.20 bits per heavy atom. The van der Waals surface area contributed by atoms with Crippen LogP contribution in [0, 0.1) is 13.8 Å². The van der Waals surface area contributed by atoms with Crippen molar-refractivity contribution < 1.29 is 4.79 Å². The van der Waals surface area contributed by atoms with Gasteiger partial charge in [0.05, 0.1) is 34.1 Å². The number of rotatable bonds is 4. The molecular weight excluding hydrogens is 276 g/mol. The quantitative estimate of drug-likeness (QED) is 0.814. The third-order valence-corrected chi connectivity index (χ3v) is 4.06. The Morgan fingerprint density at radius 3 is 2.30 bits per heavy atom. The van der Waals surface area contributed by atoms with Crippen LogP contribution < -0.4 is 0 Å². The molecule has 2 aromatic rings. The summed E-state index contributed by atoms with van der Waals surface area (Å²) in [6, 6.07) is 0. The van der Waals surface area contributed by atoms with Gasteiger partial charge in [-0.15, -0.1) is 0 Å². The van der Waals surface area contributed by atoms with Crippen LogP contribution in [0.15, 0.2) is 0 Å². The average molecular weight is 295 g/mol. The Hall–Kier alpha value is -1.62. The van der Waals surface area contributed by atoms with Crippen LogP contribution in [0.3, 0.4) is 0 Å². The van der Waals surface area contributed by atoms with Gasteiger partial charge in [0.1, 0.15) is 0 Å². The average Bonchev–Trinajstić information content (AvgIpc) is 2.79. The van der Waals surface area contributed by atoms with Crippen molar-refractivity contribution in [3.05, 3.63) is 33.4 Å². The summed E-state index contributed by atoms with van der Waals surface area (Å²) in [5.74, 6) is 0.0284. The topological polar surface area (TPSA) is 52.7 Å². The van der Waals surface area contributed by atoms with Gasteiger partial charge < -0.3 is 0 Å². The van der Waals surface area contributed by atoms with Gasteiger partial charge in [0, 0.05) is 19.8 Å². The van der Waals surface area contributed by atoms with E-state index in [2.05, 4.69) is 10.2 Å². The maximum atomic E-state index is 12.5. The second-order valence-electron chi connectivity index (χ2n) is 4.95. The molecule has 0 spiro atoms. The molecule has 0 aliphatic carbocycles. The van der Waals surface area contributed by atoms with Crippen molar-refractivity contribution in [2.45, 2.75) is 33.6 Å². The fourth-order valence-electron chi connectivity index (χ4n) is 2.43. The Bertz CT molecular complexity index is 669. The third-order valence-electron chi connectivity index (χ3n) is 3.62. The highest BCUT2D eigenvalue weighted by Crippen LogP contribution is 2.23. The number of nitrogens with zero attached hydrogens (tertiary/aromatic N) is 4. The van der Waals surface area contributed by atoms with E-state index in [0.29, 0.717) is 10.6 Å². The van der Waals surface area contributed by atoms with Crippen LogP contribution in [-0.2, 0) is 26.9 Å². The fraction of sp³-hybridized carbons (Fsp3) is 0.500. The summed E-state index contributed by atoms with van der Waals surface area (Å²) in [5, 5.41) is 9.22. The Morgan fingerprint density at radius 2 is 1.85 bits per heavy atom. The van der Waals surface area contributed by atoms with Crippen molar-refractivity contribution in [3.8, 4) is 0 Å². The van der Waals surface area contributed by atoms with Crippen LogP contribution in [0.2, 0.25) is 5.02 Å². The highest BCUT2D eigenvalue weighted by Gasteiger charge is 2.21. The zero-order chi connectivity index (χ0) is 15.0. The lowest BCUT2D eigenvalue weighted by atomic mass is 10.0. The first-order chi connectivity index (χ1) is 9.36. The normalized spacial score (nSPS) is 11.1. The second kappa shape index (κ2) is 5.40. The Labute approximate surface area is 123 Å². The highest BCUT2D eigenvalue weighted by atomic mass is 35.5. The second-order valence-corrected chi connectivity index (χ2v) is 5.33. The van der Waals surface area contributed by atoms with E-state index in [4.69, 9.17) is 11.6 Å². The molecule has 2 rings (SSSR count). The zero-order valence-corrected chi connectivity index (χ0v) is 13.2. The molecule has 108 valence electrons. The van der Waals surface area contributed by atoms with Crippen LogP contribution in [0.25, 0.3) is 0 Å². The van der Waals surface area contributed by atoms with E-state index in [9.17, 15) is 4.79 Å². The summed E-state index contributed by atoms with van der Waals surface area (Å²) < 4.78 is 3.42. The molecule has 6 heteroatoms. The standard InChI is InChI=1S/C14H19ClN4O/c1-6-10-14(15)11(19(5)17-10)7-12(20)13-8(2)16-18(4)9(13)3/h6-7H2,1-5H3. The van der Waals surface area contributed by atoms with Crippen molar-refractivity contribution >= 4 is 17.4 Å². The Balaban J connectivity index is 2.35. The molecule has 0 bridgehead atoms. The highest BCUT2D eigenvalue weighted by molar-refractivity contribution is 6.32. The summed E-state index contributed by atoms with van der Waals surface area (Å²) >= 11 is 6.29. The lowest BCUT2D eigenvalue weighted by Gasteiger charge is -2.03. The van der Waals surface area contributed by atoms with Crippen LogP contribution in [0.1, 0.15) is 40.1 Å². The van der Waals surface area contributed by atoms with Crippen LogP contribution in [0.5, 0.6) is 0 Å². The first-order valence-electron chi connectivity index (χ1n) is 6.60. The largest absolute Gasteiger partial charge is 0.294 e. The molecule has 0 saturated carbocycles. The predicted molar refractivity (Wildman–Crippen MR) is 78.3 cm³/mol. The molecule has 5 nitrogen and oxygen atoms in total. The van der Waals surface area contributed by atoms with Crippen LogP contribution >= 0.6 is 11.6 Å². The summed E-state index contributed by atoms with van der Waals surface area (Å²) in [6.07, 6.45) is 1.00. The molecule has 0 aromatic carbocycles. The fourth-order valence-corrected chi connectivity index (χ4v) is 2.79. The SMILES string of the molecule is CCc1nn(C)c(CC(=O)c2c(C)nn(C)c2C)c1Cl. The molecule has 0 aliphatic rings. The molecule has 0 N–H and O–H groups in total. The van der Waals surface area contributed by atoms with Gasteiger partial charge in [0.15, 0.2) is 5.78 Å². The molecule has 0 saturated heterocycles.